The molecule has 2 aliphatic rings. The Morgan fingerprint density at radius 2 is 1.14 bits per heavy atom. The van der Waals surface area contributed by atoms with Crippen LogP contribution in [0.25, 0.3) is 55.8 Å². The SMILES string of the molecule is CCOC(=O)CCCN1c2cc(O)c(C=O)cc2C(C)=CC1(C)C.CCOC(=O)CCCN1c2cc3oc(=O)c(-c4nc5ccccc5o4)cc3cc2C(C)=CC1(C)C.CCOC(=O)Cc1nc2ccccc2o1. The monoisotopic (exact) mass is 1010 g/mol. The number of carbonyl (C=O) groups excluding carboxylic acids is 4. The van der Waals surface area contributed by atoms with Gasteiger partial charge in [0.05, 0.1) is 36.5 Å². The molecular formula is C58H64N4O12. The second-order valence-electron chi connectivity index (χ2n) is 19.0. The van der Waals surface area contributed by atoms with E-state index in [0.717, 1.165) is 44.6 Å². The van der Waals surface area contributed by atoms with Gasteiger partial charge in [-0.2, -0.15) is 0 Å². The van der Waals surface area contributed by atoms with Crippen molar-refractivity contribution in [2.45, 2.75) is 105 Å². The number of oxazole rings is 2. The molecule has 0 saturated heterocycles. The Hall–Kier alpha value is -8.01. The Kier molecular flexibility index (Phi) is 16.9. The number of fused-ring (bicyclic) bond motifs is 5. The first-order valence-electron chi connectivity index (χ1n) is 24.9. The van der Waals surface area contributed by atoms with E-state index in [1.54, 1.807) is 32.0 Å². The molecule has 16 nitrogen and oxygen atoms in total. The van der Waals surface area contributed by atoms with Gasteiger partial charge >= 0.3 is 23.5 Å². The van der Waals surface area contributed by atoms with Gasteiger partial charge in [-0.1, -0.05) is 36.4 Å². The van der Waals surface area contributed by atoms with Crippen molar-refractivity contribution in [3.63, 3.8) is 0 Å². The van der Waals surface area contributed by atoms with E-state index in [1.807, 2.05) is 74.5 Å². The smallest absolute Gasteiger partial charge is 0.349 e. The fourth-order valence-corrected chi connectivity index (χ4v) is 9.43. The summed E-state index contributed by atoms with van der Waals surface area (Å²) in [6.45, 7) is 20.4. The Morgan fingerprint density at radius 3 is 1.68 bits per heavy atom. The molecule has 388 valence electrons. The van der Waals surface area contributed by atoms with Gasteiger partial charge in [-0.15, -0.1) is 0 Å². The Bertz CT molecular complexity index is 3250. The molecule has 0 atom stereocenters. The van der Waals surface area contributed by atoms with Crippen LogP contribution >= 0.6 is 0 Å². The summed E-state index contributed by atoms with van der Waals surface area (Å²) in [6.07, 6.45) is 7.15. The summed E-state index contributed by atoms with van der Waals surface area (Å²) in [6, 6.07) is 23.9. The van der Waals surface area contributed by atoms with E-state index < -0.39 is 5.63 Å². The van der Waals surface area contributed by atoms with Crippen molar-refractivity contribution in [2.75, 3.05) is 42.7 Å². The number of aldehydes is 1. The zero-order chi connectivity index (χ0) is 53.3. The van der Waals surface area contributed by atoms with E-state index in [-0.39, 0.29) is 58.2 Å². The molecule has 16 heteroatoms. The van der Waals surface area contributed by atoms with Crippen LogP contribution in [-0.4, -0.2) is 83.3 Å². The predicted molar refractivity (Wildman–Crippen MR) is 285 cm³/mol. The molecule has 0 amide bonds. The number of esters is 3. The van der Waals surface area contributed by atoms with Gasteiger partial charge in [-0.05, 0) is 129 Å². The van der Waals surface area contributed by atoms with Gasteiger partial charge < -0.3 is 42.4 Å². The lowest BCUT2D eigenvalue weighted by atomic mass is 9.87. The first-order valence-corrected chi connectivity index (χ1v) is 24.9. The topological polar surface area (TPSA) is 205 Å². The lowest BCUT2D eigenvalue weighted by Gasteiger charge is -2.43. The lowest BCUT2D eigenvalue weighted by molar-refractivity contribution is -0.144. The van der Waals surface area contributed by atoms with E-state index in [2.05, 4.69) is 66.5 Å². The number of ether oxygens (including phenoxy) is 3. The normalized spacial score (nSPS) is 14.1. The summed E-state index contributed by atoms with van der Waals surface area (Å²) in [5, 5.41) is 10.9. The second kappa shape index (κ2) is 23.2. The van der Waals surface area contributed by atoms with Crippen LogP contribution in [0.3, 0.4) is 0 Å². The van der Waals surface area contributed by atoms with Crippen molar-refractivity contribution in [3.05, 3.63) is 124 Å². The molecule has 0 aliphatic carbocycles. The average molecular weight is 1010 g/mol. The zero-order valence-corrected chi connectivity index (χ0v) is 43.5. The number of phenolic OH excluding ortho intramolecular Hbond substituents is 1. The third-order valence-electron chi connectivity index (χ3n) is 12.7. The average Bonchev–Trinajstić information content (AvgIpc) is 3.97. The molecule has 9 rings (SSSR count). The number of carbonyl (C=O) groups is 4. The summed E-state index contributed by atoms with van der Waals surface area (Å²) in [7, 11) is 0. The zero-order valence-electron chi connectivity index (χ0n) is 43.5. The largest absolute Gasteiger partial charge is 0.507 e. The van der Waals surface area contributed by atoms with Gasteiger partial charge in [0.2, 0.25) is 11.8 Å². The summed E-state index contributed by atoms with van der Waals surface area (Å²) >= 11 is 0. The highest BCUT2D eigenvalue weighted by molar-refractivity contribution is 5.93. The van der Waals surface area contributed by atoms with E-state index in [9.17, 15) is 29.1 Å². The Balaban J connectivity index is 0.000000177. The number of benzene rings is 4. The fraction of sp³-hybridized carbons (Fsp3) is 0.362. The van der Waals surface area contributed by atoms with Crippen molar-refractivity contribution >= 4 is 79.9 Å². The van der Waals surface area contributed by atoms with Gasteiger partial charge in [-0.3, -0.25) is 19.2 Å². The fourth-order valence-electron chi connectivity index (χ4n) is 9.43. The van der Waals surface area contributed by atoms with Crippen molar-refractivity contribution in [1.82, 2.24) is 9.97 Å². The van der Waals surface area contributed by atoms with Crippen LogP contribution in [0.2, 0.25) is 0 Å². The van der Waals surface area contributed by atoms with Crippen LogP contribution in [0.15, 0.2) is 109 Å². The third-order valence-corrected chi connectivity index (χ3v) is 12.7. The maximum absolute atomic E-state index is 12.9. The number of anilines is 2. The molecule has 3 aromatic heterocycles. The highest BCUT2D eigenvalue weighted by atomic mass is 16.5. The van der Waals surface area contributed by atoms with Crippen LogP contribution < -0.4 is 15.4 Å². The molecule has 2 aliphatic heterocycles. The van der Waals surface area contributed by atoms with Crippen LogP contribution in [0.1, 0.15) is 115 Å². The molecular weight excluding hydrogens is 945 g/mol. The van der Waals surface area contributed by atoms with Crippen LogP contribution in [0, 0.1) is 0 Å². The van der Waals surface area contributed by atoms with Gasteiger partial charge in [0, 0.05) is 66.0 Å². The van der Waals surface area contributed by atoms with Crippen molar-refractivity contribution in [3.8, 4) is 17.2 Å². The first-order chi connectivity index (χ1) is 35.4. The minimum Gasteiger partial charge on any atom is -0.507 e. The van der Waals surface area contributed by atoms with Crippen LogP contribution in [-0.2, 0) is 35.0 Å². The molecule has 0 spiro atoms. The highest BCUT2D eigenvalue weighted by Crippen LogP contribution is 2.43. The van der Waals surface area contributed by atoms with Crippen molar-refractivity contribution in [2.24, 2.45) is 0 Å². The van der Waals surface area contributed by atoms with Gasteiger partial charge in [0.15, 0.2) is 17.5 Å². The molecule has 0 bridgehead atoms. The van der Waals surface area contributed by atoms with Crippen molar-refractivity contribution in [1.29, 1.82) is 0 Å². The number of phenols is 1. The molecule has 0 unspecified atom stereocenters. The molecule has 7 aromatic rings. The molecule has 0 radical (unpaired) electrons. The highest BCUT2D eigenvalue weighted by Gasteiger charge is 2.33. The van der Waals surface area contributed by atoms with Gasteiger partial charge in [0.1, 0.15) is 34.4 Å². The van der Waals surface area contributed by atoms with Crippen LogP contribution in [0.4, 0.5) is 11.4 Å². The Labute approximate surface area is 429 Å². The maximum Gasteiger partial charge on any atom is 0.349 e. The van der Waals surface area contributed by atoms with Gasteiger partial charge in [-0.25, -0.2) is 14.8 Å². The minimum atomic E-state index is -0.500. The maximum atomic E-state index is 12.9. The standard InChI is InChI=1S/C28H28N2O5.C19H25NO4.C11H11NO3/c1-5-33-25(31)11-8-12-30-22-15-24-18(13-19(22)17(2)16-28(30,3)4)14-20(27(32)35-24)26-29-21-9-6-7-10-23(21)34-26;1-5-24-18(23)7-6-8-20-16-10-17(22)14(12-21)9-15(16)13(2)11-19(20,3)4;1-2-14-11(13)7-10-12-8-5-3-4-6-9(8)15-10/h6-7,9-10,13-16H,5,8,11-12H2,1-4H3;9-12,22H,5-8H2,1-4H3;3-6H,2,7H2,1H3. The molecule has 4 aromatic carbocycles. The van der Waals surface area contributed by atoms with E-state index >= 15 is 0 Å². The molecule has 0 saturated carbocycles. The lowest BCUT2D eigenvalue weighted by Crippen LogP contribution is -2.45. The van der Waals surface area contributed by atoms with E-state index in [0.29, 0.717) is 93.0 Å². The second-order valence-corrected chi connectivity index (χ2v) is 19.0. The van der Waals surface area contributed by atoms with Crippen LogP contribution in [0.5, 0.6) is 5.75 Å². The number of hydrogen-bond donors (Lipinski definition) is 1. The number of aromatic hydroxyl groups is 1. The Morgan fingerprint density at radius 1 is 0.635 bits per heavy atom. The molecule has 74 heavy (non-hydrogen) atoms. The summed E-state index contributed by atoms with van der Waals surface area (Å²) < 4.78 is 31.8. The molecule has 1 N–H and O–H groups in total. The summed E-state index contributed by atoms with van der Waals surface area (Å²) in [5.41, 5.74) is 8.88. The number of para-hydroxylation sites is 4. The van der Waals surface area contributed by atoms with E-state index in [4.69, 9.17) is 27.5 Å². The predicted octanol–water partition coefficient (Wildman–Crippen LogP) is 11.4. The van der Waals surface area contributed by atoms with E-state index in [1.165, 1.54) is 0 Å². The molecule has 0 fully saturated rings. The number of nitrogens with zero attached hydrogens (tertiary/aromatic N) is 4. The number of hydrogen-bond acceptors (Lipinski definition) is 16. The summed E-state index contributed by atoms with van der Waals surface area (Å²) in [5.74, 6) is -0.0826. The summed E-state index contributed by atoms with van der Waals surface area (Å²) in [4.78, 5) is 71.6. The quantitative estimate of drug-likeness (QED) is 0.0439. The first kappa shape index (κ1) is 53.8. The number of rotatable bonds is 15. The number of allylic oxidation sites excluding steroid dienone is 2. The number of aromatic nitrogens is 2. The molecule has 5 heterocycles. The minimum absolute atomic E-state index is 0.0235. The van der Waals surface area contributed by atoms with Gasteiger partial charge in [0.25, 0.3) is 0 Å². The van der Waals surface area contributed by atoms with Crippen molar-refractivity contribution < 1.29 is 51.7 Å². The third kappa shape index (κ3) is 12.4.